The molecule has 1 aromatic carbocycles. The maximum Gasteiger partial charge on any atom is 0.237 e. The van der Waals surface area contributed by atoms with Crippen LogP contribution in [0.4, 0.5) is 0 Å². The van der Waals surface area contributed by atoms with Crippen LogP contribution in [0.5, 0.6) is 5.75 Å². The van der Waals surface area contributed by atoms with Crippen molar-refractivity contribution in [3.63, 3.8) is 0 Å². The van der Waals surface area contributed by atoms with Crippen molar-refractivity contribution in [1.82, 2.24) is 5.32 Å². The Kier molecular flexibility index (Phi) is 7.20. The zero-order valence-corrected chi connectivity index (χ0v) is 14.5. The van der Waals surface area contributed by atoms with Gasteiger partial charge < -0.3 is 15.8 Å². The Labute approximate surface area is 133 Å². The van der Waals surface area contributed by atoms with Crippen molar-refractivity contribution in [1.29, 1.82) is 0 Å². The standard InChI is InChI=1S/C16H26N2O2.ClH/c1-10-7-8-13(20-6)12(9-10)11(2)18-15(19)14(17)16(3,4)5;/h7-9,11,14H,17H2,1-6H3,(H,18,19);1H/t11?,14-;/m1./s1. The van der Waals surface area contributed by atoms with Gasteiger partial charge in [-0.2, -0.15) is 0 Å². The van der Waals surface area contributed by atoms with E-state index >= 15 is 0 Å². The average molecular weight is 315 g/mol. The summed E-state index contributed by atoms with van der Waals surface area (Å²) in [5.74, 6) is 0.626. The van der Waals surface area contributed by atoms with Crippen molar-refractivity contribution >= 4 is 18.3 Å². The Hall–Kier alpha value is -1.26. The van der Waals surface area contributed by atoms with E-state index in [-0.39, 0.29) is 29.8 Å². The Morgan fingerprint density at radius 2 is 1.90 bits per heavy atom. The van der Waals surface area contributed by atoms with Gasteiger partial charge in [-0.05, 0) is 25.3 Å². The van der Waals surface area contributed by atoms with Crippen molar-refractivity contribution in [2.75, 3.05) is 7.11 Å². The lowest BCUT2D eigenvalue weighted by atomic mass is 9.86. The number of rotatable bonds is 4. The highest BCUT2D eigenvalue weighted by atomic mass is 35.5. The molecule has 0 spiro atoms. The Balaban J connectivity index is 0.00000400. The van der Waals surface area contributed by atoms with Gasteiger partial charge in [-0.1, -0.05) is 38.5 Å². The van der Waals surface area contributed by atoms with E-state index in [2.05, 4.69) is 5.32 Å². The minimum Gasteiger partial charge on any atom is -0.496 e. The number of hydrogen-bond acceptors (Lipinski definition) is 3. The van der Waals surface area contributed by atoms with Crippen molar-refractivity contribution in [3.8, 4) is 5.75 Å². The number of aryl methyl sites for hydroxylation is 1. The maximum atomic E-state index is 12.2. The molecule has 0 heterocycles. The normalized spacial score (nSPS) is 13.9. The van der Waals surface area contributed by atoms with E-state index in [1.54, 1.807) is 7.11 Å². The van der Waals surface area contributed by atoms with Crippen LogP contribution in [0, 0.1) is 12.3 Å². The van der Waals surface area contributed by atoms with Crippen LogP contribution in [0.1, 0.15) is 44.9 Å². The number of halogens is 1. The van der Waals surface area contributed by atoms with Crippen LogP contribution >= 0.6 is 12.4 Å². The largest absolute Gasteiger partial charge is 0.496 e. The third-order valence-corrected chi connectivity index (χ3v) is 3.43. The Morgan fingerprint density at radius 1 is 1.33 bits per heavy atom. The van der Waals surface area contributed by atoms with Gasteiger partial charge >= 0.3 is 0 Å². The molecule has 0 saturated carbocycles. The summed E-state index contributed by atoms with van der Waals surface area (Å²) in [6.45, 7) is 9.81. The van der Waals surface area contributed by atoms with Crippen LogP contribution in [-0.4, -0.2) is 19.1 Å². The highest BCUT2D eigenvalue weighted by molar-refractivity contribution is 5.85. The summed E-state index contributed by atoms with van der Waals surface area (Å²) in [6, 6.07) is 5.23. The number of methoxy groups -OCH3 is 1. The van der Waals surface area contributed by atoms with Crippen molar-refractivity contribution in [2.24, 2.45) is 11.1 Å². The minimum absolute atomic E-state index is 0. The minimum atomic E-state index is -0.541. The number of hydrogen-bond donors (Lipinski definition) is 2. The summed E-state index contributed by atoms with van der Waals surface area (Å²) in [6.07, 6.45) is 0. The molecule has 4 nitrogen and oxygen atoms in total. The predicted molar refractivity (Wildman–Crippen MR) is 89.0 cm³/mol. The number of benzene rings is 1. The van der Waals surface area contributed by atoms with E-state index in [1.165, 1.54) is 0 Å². The molecule has 0 saturated heterocycles. The second kappa shape index (κ2) is 7.66. The van der Waals surface area contributed by atoms with Crippen molar-refractivity contribution < 1.29 is 9.53 Å². The van der Waals surface area contributed by atoms with Gasteiger partial charge in [0.2, 0.25) is 5.91 Å². The van der Waals surface area contributed by atoms with E-state index in [9.17, 15) is 4.79 Å². The van der Waals surface area contributed by atoms with Crippen molar-refractivity contribution in [3.05, 3.63) is 29.3 Å². The fourth-order valence-electron chi connectivity index (χ4n) is 1.97. The number of nitrogens with one attached hydrogen (secondary N) is 1. The Bertz CT molecular complexity index is 484. The molecule has 0 radical (unpaired) electrons. The summed E-state index contributed by atoms with van der Waals surface area (Å²) >= 11 is 0. The fourth-order valence-corrected chi connectivity index (χ4v) is 1.97. The van der Waals surface area contributed by atoms with Crippen LogP contribution in [0.3, 0.4) is 0 Å². The molecule has 0 aliphatic heterocycles. The SMILES string of the molecule is COc1ccc(C)cc1C(C)NC(=O)[C@@H](N)C(C)(C)C.Cl. The van der Waals surface area contributed by atoms with E-state index in [1.807, 2.05) is 52.8 Å². The quantitative estimate of drug-likeness (QED) is 0.898. The van der Waals surface area contributed by atoms with Gasteiger partial charge in [-0.3, -0.25) is 4.79 Å². The van der Waals surface area contributed by atoms with Gasteiger partial charge in [0.25, 0.3) is 0 Å². The van der Waals surface area contributed by atoms with Gasteiger partial charge in [-0.15, -0.1) is 12.4 Å². The van der Waals surface area contributed by atoms with Crippen LogP contribution in [0.15, 0.2) is 18.2 Å². The molecule has 21 heavy (non-hydrogen) atoms. The predicted octanol–water partition coefficient (Wildman–Crippen LogP) is 2.98. The molecule has 0 aliphatic rings. The summed E-state index contributed by atoms with van der Waals surface area (Å²) < 4.78 is 5.35. The molecular formula is C16H27ClN2O2. The van der Waals surface area contributed by atoms with Crippen LogP contribution in [0.25, 0.3) is 0 Å². The van der Waals surface area contributed by atoms with E-state index in [4.69, 9.17) is 10.5 Å². The average Bonchev–Trinajstić information content (AvgIpc) is 2.36. The molecule has 0 aromatic heterocycles. The second-order valence-corrected chi connectivity index (χ2v) is 6.32. The Morgan fingerprint density at radius 3 is 2.38 bits per heavy atom. The molecular weight excluding hydrogens is 288 g/mol. The smallest absolute Gasteiger partial charge is 0.237 e. The summed E-state index contributed by atoms with van der Waals surface area (Å²) in [4.78, 5) is 12.2. The molecule has 3 N–H and O–H groups in total. The van der Waals surface area contributed by atoms with Gasteiger partial charge in [-0.25, -0.2) is 0 Å². The summed E-state index contributed by atoms with van der Waals surface area (Å²) in [7, 11) is 1.63. The molecule has 0 fully saturated rings. The monoisotopic (exact) mass is 314 g/mol. The lowest BCUT2D eigenvalue weighted by Gasteiger charge is -2.28. The van der Waals surface area contributed by atoms with E-state index in [0.29, 0.717) is 0 Å². The first-order chi connectivity index (χ1) is 9.16. The number of nitrogens with two attached hydrogens (primary N) is 1. The molecule has 1 unspecified atom stereocenters. The molecule has 1 rings (SSSR count). The number of carbonyl (C=O) groups is 1. The maximum absolute atomic E-state index is 12.2. The lowest BCUT2D eigenvalue weighted by molar-refractivity contribution is -0.125. The first-order valence-corrected chi connectivity index (χ1v) is 6.87. The highest BCUT2D eigenvalue weighted by Gasteiger charge is 2.28. The first-order valence-electron chi connectivity index (χ1n) is 6.87. The third kappa shape index (κ3) is 5.21. The number of amides is 1. The molecule has 1 aromatic rings. The van der Waals surface area contributed by atoms with E-state index in [0.717, 1.165) is 16.9 Å². The fraction of sp³-hybridized carbons (Fsp3) is 0.562. The number of ether oxygens (including phenoxy) is 1. The molecule has 1 amide bonds. The van der Waals surface area contributed by atoms with E-state index < -0.39 is 6.04 Å². The zero-order chi connectivity index (χ0) is 15.5. The van der Waals surface area contributed by atoms with Gasteiger partial charge in [0, 0.05) is 5.56 Å². The number of carbonyl (C=O) groups excluding carboxylic acids is 1. The molecule has 120 valence electrons. The van der Waals surface area contributed by atoms with Gasteiger partial charge in [0.1, 0.15) is 5.75 Å². The topological polar surface area (TPSA) is 64.3 Å². The van der Waals surface area contributed by atoms with Crippen LogP contribution in [0.2, 0.25) is 0 Å². The lowest BCUT2D eigenvalue weighted by Crippen LogP contribution is -2.49. The molecule has 2 atom stereocenters. The molecule has 5 heteroatoms. The zero-order valence-electron chi connectivity index (χ0n) is 13.7. The summed E-state index contributed by atoms with van der Waals surface area (Å²) in [5.41, 5.74) is 7.80. The summed E-state index contributed by atoms with van der Waals surface area (Å²) in [5, 5.41) is 2.96. The molecule has 0 bridgehead atoms. The molecule has 0 aliphatic carbocycles. The highest BCUT2D eigenvalue weighted by Crippen LogP contribution is 2.26. The van der Waals surface area contributed by atoms with Gasteiger partial charge in [0.15, 0.2) is 0 Å². The first kappa shape index (κ1) is 19.7. The third-order valence-electron chi connectivity index (χ3n) is 3.43. The second-order valence-electron chi connectivity index (χ2n) is 6.32. The van der Waals surface area contributed by atoms with Crippen LogP contribution < -0.4 is 15.8 Å². The van der Waals surface area contributed by atoms with Crippen LogP contribution in [-0.2, 0) is 4.79 Å². The van der Waals surface area contributed by atoms with Gasteiger partial charge in [0.05, 0.1) is 19.2 Å². The van der Waals surface area contributed by atoms with Crippen molar-refractivity contribution in [2.45, 2.75) is 46.7 Å².